The van der Waals surface area contributed by atoms with E-state index in [2.05, 4.69) is 15.2 Å². The van der Waals surface area contributed by atoms with Gasteiger partial charge >= 0.3 is 0 Å². The number of fused-ring (bicyclic) bond motifs is 1. The van der Waals surface area contributed by atoms with Gasteiger partial charge in [0.1, 0.15) is 11.3 Å². The number of hydrogen-bond acceptors (Lipinski definition) is 5. The maximum Gasteiger partial charge on any atom is 0.298 e. The summed E-state index contributed by atoms with van der Waals surface area (Å²) in [6.07, 6.45) is 0. The smallest absolute Gasteiger partial charge is 0.298 e. The number of nitrogens with one attached hydrogen (secondary N) is 1. The molecule has 1 aromatic heterocycles. The molecule has 3 rings (SSSR count). The van der Waals surface area contributed by atoms with E-state index < -0.39 is 0 Å². The summed E-state index contributed by atoms with van der Waals surface area (Å²) >= 11 is 0. The Morgan fingerprint density at radius 2 is 2.18 bits per heavy atom. The maximum atomic E-state index is 5.74. The third kappa shape index (κ3) is 1.93. The lowest BCUT2D eigenvalue weighted by Crippen LogP contribution is -2.43. The number of rotatable bonds is 2. The van der Waals surface area contributed by atoms with E-state index in [0.29, 0.717) is 6.01 Å². The fraction of sp³-hybridized carbons (Fsp3) is 0.417. The number of ether oxygens (including phenoxy) is 1. The van der Waals surface area contributed by atoms with Crippen LogP contribution in [0.4, 0.5) is 6.01 Å². The first-order chi connectivity index (χ1) is 8.36. The van der Waals surface area contributed by atoms with Crippen molar-refractivity contribution in [3.05, 3.63) is 18.2 Å². The molecule has 1 N–H and O–H groups in total. The molecule has 1 fully saturated rings. The Bertz CT molecular complexity index is 517. The summed E-state index contributed by atoms with van der Waals surface area (Å²) in [6.45, 7) is 3.82. The van der Waals surface area contributed by atoms with Crippen LogP contribution >= 0.6 is 0 Å². The summed E-state index contributed by atoms with van der Waals surface area (Å²) in [7, 11) is 1.65. The third-order valence-electron chi connectivity index (χ3n) is 2.97. The van der Waals surface area contributed by atoms with Crippen molar-refractivity contribution in [1.29, 1.82) is 0 Å². The van der Waals surface area contributed by atoms with E-state index in [1.807, 2.05) is 18.2 Å². The molecule has 1 aliphatic heterocycles. The Morgan fingerprint density at radius 3 is 2.94 bits per heavy atom. The van der Waals surface area contributed by atoms with Gasteiger partial charge in [0.25, 0.3) is 6.01 Å². The van der Waals surface area contributed by atoms with Gasteiger partial charge in [-0.05, 0) is 12.1 Å². The molecule has 0 unspecified atom stereocenters. The van der Waals surface area contributed by atoms with Gasteiger partial charge in [-0.2, -0.15) is 4.98 Å². The van der Waals surface area contributed by atoms with Crippen LogP contribution in [0.15, 0.2) is 22.6 Å². The SMILES string of the molecule is COc1ccc2oc(N3CCNCC3)nc2c1. The number of aromatic nitrogens is 1. The zero-order chi connectivity index (χ0) is 11.7. The first kappa shape index (κ1) is 10.4. The van der Waals surface area contributed by atoms with Crippen LogP contribution in [0.3, 0.4) is 0 Å². The molecule has 0 radical (unpaired) electrons. The minimum Gasteiger partial charge on any atom is -0.497 e. The Hall–Kier alpha value is -1.75. The van der Waals surface area contributed by atoms with Crippen LogP contribution < -0.4 is 15.0 Å². The molecule has 1 aromatic carbocycles. The summed E-state index contributed by atoms with van der Waals surface area (Å²) in [4.78, 5) is 6.65. The average Bonchev–Trinajstić information content (AvgIpc) is 2.82. The summed E-state index contributed by atoms with van der Waals surface area (Å²) in [5, 5.41) is 3.31. The number of methoxy groups -OCH3 is 1. The van der Waals surface area contributed by atoms with E-state index >= 15 is 0 Å². The molecule has 0 bridgehead atoms. The van der Waals surface area contributed by atoms with Crippen molar-refractivity contribution in [1.82, 2.24) is 10.3 Å². The van der Waals surface area contributed by atoms with Gasteiger partial charge in [0.05, 0.1) is 7.11 Å². The second-order valence-corrected chi connectivity index (χ2v) is 4.07. The zero-order valence-corrected chi connectivity index (χ0v) is 9.77. The quantitative estimate of drug-likeness (QED) is 0.846. The first-order valence-corrected chi connectivity index (χ1v) is 5.77. The summed E-state index contributed by atoms with van der Waals surface area (Å²) in [5.74, 6) is 0.803. The van der Waals surface area contributed by atoms with Crippen molar-refractivity contribution in [3.63, 3.8) is 0 Å². The van der Waals surface area contributed by atoms with Crippen molar-refractivity contribution in [2.45, 2.75) is 0 Å². The van der Waals surface area contributed by atoms with Crippen LogP contribution in [0.25, 0.3) is 11.1 Å². The van der Waals surface area contributed by atoms with Gasteiger partial charge in [0.2, 0.25) is 0 Å². The molecule has 0 amide bonds. The molecule has 1 aliphatic rings. The van der Waals surface area contributed by atoms with Gasteiger partial charge < -0.3 is 19.4 Å². The van der Waals surface area contributed by atoms with Crippen molar-refractivity contribution >= 4 is 17.1 Å². The van der Waals surface area contributed by atoms with Gasteiger partial charge in [0.15, 0.2) is 5.58 Å². The monoisotopic (exact) mass is 233 g/mol. The number of anilines is 1. The van der Waals surface area contributed by atoms with E-state index in [0.717, 1.165) is 43.0 Å². The lowest BCUT2D eigenvalue weighted by Gasteiger charge is -2.25. The lowest BCUT2D eigenvalue weighted by molar-refractivity contribution is 0.415. The Morgan fingerprint density at radius 1 is 1.35 bits per heavy atom. The van der Waals surface area contributed by atoms with Crippen LogP contribution in [-0.2, 0) is 0 Å². The second kappa shape index (κ2) is 4.25. The van der Waals surface area contributed by atoms with Crippen LogP contribution in [0.1, 0.15) is 0 Å². The fourth-order valence-corrected chi connectivity index (χ4v) is 2.01. The third-order valence-corrected chi connectivity index (χ3v) is 2.97. The number of oxazole rings is 1. The van der Waals surface area contributed by atoms with E-state index in [-0.39, 0.29) is 0 Å². The highest BCUT2D eigenvalue weighted by molar-refractivity contribution is 5.76. The number of nitrogens with zero attached hydrogens (tertiary/aromatic N) is 2. The Kier molecular flexibility index (Phi) is 2.60. The van der Waals surface area contributed by atoms with Gasteiger partial charge in [-0.15, -0.1) is 0 Å². The highest BCUT2D eigenvalue weighted by Gasteiger charge is 2.16. The average molecular weight is 233 g/mol. The maximum absolute atomic E-state index is 5.74. The largest absolute Gasteiger partial charge is 0.497 e. The molecule has 5 nitrogen and oxygen atoms in total. The van der Waals surface area contributed by atoms with Gasteiger partial charge in [0, 0.05) is 32.2 Å². The van der Waals surface area contributed by atoms with Crippen molar-refractivity contribution < 1.29 is 9.15 Å². The fourth-order valence-electron chi connectivity index (χ4n) is 2.01. The van der Waals surface area contributed by atoms with Crippen molar-refractivity contribution in [2.75, 3.05) is 38.2 Å². The molecule has 17 heavy (non-hydrogen) atoms. The summed E-state index contributed by atoms with van der Waals surface area (Å²) in [6, 6.07) is 6.38. The van der Waals surface area contributed by atoms with E-state index in [9.17, 15) is 0 Å². The lowest BCUT2D eigenvalue weighted by atomic mass is 10.3. The van der Waals surface area contributed by atoms with E-state index in [1.165, 1.54) is 0 Å². The molecule has 2 aromatic rings. The highest BCUT2D eigenvalue weighted by atomic mass is 16.5. The van der Waals surface area contributed by atoms with Crippen LogP contribution in [0.2, 0.25) is 0 Å². The van der Waals surface area contributed by atoms with Crippen LogP contribution in [0.5, 0.6) is 5.75 Å². The minimum atomic E-state index is 0.703. The molecule has 5 heteroatoms. The normalized spacial score (nSPS) is 16.4. The van der Waals surface area contributed by atoms with Crippen LogP contribution in [-0.4, -0.2) is 38.3 Å². The molecular formula is C12H15N3O2. The Balaban J connectivity index is 1.95. The highest BCUT2D eigenvalue weighted by Crippen LogP contribution is 2.25. The molecule has 90 valence electrons. The summed E-state index contributed by atoms with van der Waals surface area (Å²) < 4.78 is 10.9. The Labute approximate surface area is 99.4 Å². The number of benzene rings is 1. The van der Waals surface area contributed by atoms with Gasteiger partial charge in [-0.25, -0.2) is 0 Å². The number of piperazine rings is 1. The number of hydrogen-bond donors (Lipinski definition) is 1. The predicted molar refractivity (Wildman–Crippen MR) is 65.6 cm³/mol. The molecular weight excluding hydrogens is 218 g/mol. The predicted octanol–water partition coefficient (Wildman–Crippen LogP) is 1.25. The minimum absolute atomic E-state index is 0.703. The second-order valence-electron chi connectivity index (χ2n) is 4.07. The molecule has 2 heterocycles. The van der Waals surface area contributed by atoms with E-state index in [4.69, 9.17) is 9.15 Å². The molecule has 0 saturated carbocycles. The van der Waals surface area contributed by atoms with Crippen LogP contribution in [0, 0.1) is 0 Å². The zero-order valence-electron chi connectivity index (χ0n) is 9.77. The summed E-state index contributed by atoms with van der Waals surface area (Å²) in [5.41, 5.74) is 1.65. The van der Waals surface area contributed by atoms with Gasteiger partial charge in [-0.3, -0.25) is 0 Å². The first-order valence-electron chi connectivity index (χ1n) is 5.77. The molecule has 0 aliphatic carbocycles. The molecule has 0 atom stereocenters. The van der Waals surface area contributed by atoms with E-state index in [1.54, 1.807) is 7.11 Å². The van der Waals surface area contributed by atoms with Gasteiger partial charge in [-0.1, -0.05) is 0 Å². The standard InChI is InChI=1S/C12H15N3O2/c1-16-9-2-3-11-10(8-9)14-12(17-11)15-6-4-13-5-7-15/h2-3,8,13H,4-7H2,1H3. The van der Waals surface area contributed by atoms with Crippen molar-refractivity contribution in [3.8, 4) is 5.75 Å². The topological polar surface area (TPSA) is 50.5 Å². The molecule has 0 spiro atoms. The van der Waals surface area contributed by atoms with Crippen molar-refractivity contribution in [2.24, 2.45) is 0 Å². The molecule has 1 saturated heterocycles.